The van der Waals surface area contributed by atoms with E-state index in [0.29, 0.717) is 0 Å². The second kappa shape index (κ2) is 4.74. The summed E-state index contributed by atoms with van der Waals surface area (Å²) in [4.78, 5) is 2.17. The molecule has 0 bridgehead atoms. The summed E-state index contributed by atoms with van der Waals surface area (Å²) in [5.74, 6) is 0. The molecule has 0 aliphatic rings. The van der Waals surface area contributed by atoms with Crippen molar-refractivity contribution in [2.24, 2.45) is 0 Å². The van der Waals surface area contributed by atoms with Crippen LogP contribution in [0, 0.1) is 20.8 Å². The Kier molecular flexibility index (Phi) is 4.60. The molecule has 0 heterocycles. The van der Waals surface area contributed by atoms with Gasteiger partial charge < -0.3 is 6.33 Å². The summed E-state index contributed by atoms with van der Waals surface area (Å²) in [5, 5.41) is 0. The van der Waals surface area contributed by atoms with Gasteiger partial charge in [-0.25, -0.2) is 0 Å². The molecule has 0 N–H and O–H groups in total. The van der Waals surface area contributed by atoms with E-state index in [1.165, 1.54) is 22.4 Å². The molecule has 0 saturated heterocycles. The molecule has 1 rings (SSSR count). The van der Waals surface area contributed by atoms with Gasteiger partial charge in [0.25, 0.3) is 0 Å². The van der Waals surface area contributed by atoms with E-state index >= 15 is 0 Å². The third-order valence-electron chi connectivity index (χ3n) is 2.08. The molecule has 13 heavy (non-hydrogen) atoms. The van der Waals surface area contributed by atoms with E-state index in [4.69, 9.17) is 0 Å². The van der Waals surface area contributed by atoms with Crippen LogP contribution in [-0.2, 0) is 0 Å². The third-order valence-corrected chi connectivity index (χ3v) is 2.08. The Hall–Kier alpha value is -0.383. The summed E-state index contributed by atoms with van der Waals surface area (Å²) in [6, 6.07) is 4.45. The first-order valence-corrected chi connectivity index (χ1v) is 4.27. The Morgan fingerprint density at radius 2 is 1.38 bits per heavy atom. The number of hydrogen-bond acceptors (Lipinski definition) is 1. The predicted octanol–water partition coefficient (Wildman–Crippen LogP) is -0.206. The van der Waals surface area contributed by atoms with Gasteiger partial charge in [-0.05, 0) is 31.9 Å². The van der Waals surface area contributed by atoms with E-state index in [-0.39, 0.29) is 20.3 Å². The Bertz CT molecular complexity index is 274. The molecular weight excluding hydrogens is 153 g/mol. The van der Waals surface area contributed by atoms with Gasteiger partial charge in [-0.1, -0.05) is 17.7 Å². The molecule has 0 fully saturated rings. The molecule has 0 saturated carbocycles. The van der Waals surface area contributed by atoms with Crippen LogP contribution in [-0.4, -0.2) is 14.1 Å². The molecule has 1 aromatic carbocycles. The van der Waals surface area contributed by atoms with E-state index in [1.54, 1.807) is 0 Å². The molecule has 0 unspecified atom stereocenters. The smallest absolute Gasteiger partial charge is 1.00 e. The molecule has 2 heteroatoms. The molecule has 0 aliphatic heterocycles. The van der Waals surface area contributed by atoms with Crippen LogP contribution in [0.3, 0.4) is 0 Å². The van der Waals surface area contributed by atoms with Crippen LogP contribution >= 0.6 is 0 Å². The van der Waals surface area contributed by atoms with Crippen molar-refractivity contribution < 1.29 is 20.3 Å². The van der Waals surface area contributed by atoms with Gasteiger partial charge in [0.1, 0.15) is 0 Å². The first-order chi connectivity index (χ1) is 5.52. The number of benzene rings is 1. The van der Waals surface area contributed by atoms with Gasteiger partial charge in [0, 0.05) is 19.8 Å². The minimum absolute atomic E-state index is 0. The fourth-order valence-electron chi connectivity index (χ4n) is 1.88. The molecule has 0 spiro atoms. The van der Waals surface area contributed by atoms with Crippen LogP contribution in [0.15, 0.2) is 12.1 Å². The SMILES string of the molecule is Cc1cc(C)c(N(C)C)c(C)c1.[H-].[Li+]. The van der Waals surface area contributed by atoms with E-state index in [1.807, 2.05) is 0 Å². The topological polar surface area (TPSA) is 3.24 Å². The van der Waals surface area contributed by atoms with Gasteiger partial charge in [0.05, 0.1) is 0 Å². The van der Waals surface area contributed by atoms with Crippen molar-refractivity contribution in [1.29, 1.82) is 0 Å². The van der Waals surface area contributed by atoms with E-state index in [2.05, 4.69) is 51.9 Å². The number of anilines is 1. The maximum Gasteiger partial charge on any atom is 1.00 e. The van der Waals surface area contributed by atoms with Crippen molar-refractivity contribution >= 4 is 5.69 Å². The predicted molar refractivity (Wildman–Crippen MR) is 56.1 cm³/mol. The Morgan fingerprint density at radius 3 is 1.69 bits per heavy atom. The van der Waals surface area contributed by atoms with Gasteiger partial charge in [-0.2, -0.15) is 0 Å². The van der Waals surface area contributed by atoms with E-state index in [0.717, 1.165) is 0 Å². The minimum Gasteiger partial charge on any atom is -1.00 e. The third kappa shape index (κ3) is 2.79. The molecule has 0 atom stereocenters. The second-order valence-electron chi connectivity index (χ2n) is 3.64. The van der Waals surface area contributed by atoms with Gasteiger partial charge in [0.2, 0.25) is 0 Å². The average Bonchev–Trinajstić information content (AvgIpc) is 1.82. The average molecular weight is 171 g/mol. The van der Waals surface area contributed by atoms with Crippen LogP contribution in [0.2, 0.25) is 0 Å². The van der Waals surface area contributed by atoms with Gasteiger partial charge in [0.15, 0.2) is 0 Å². The van der Waals surface area contributed by atoms with Crippen molar-refractivity contribution in [3.05, 3.63) is 28.8 Å². The van der Waals surface area contributed by atoms with Crippen molar-refractivity contribution in [3.63, 3.8) is 0 Å². The van der Waals surface area contributed by atoms with Crippen molar-refractivity contribution in [2.45, 2.75) is 20.8 Å². The zero-order valence-corrected chi connectivity index (χ0v) is 9.60. The first kappa shape index (κ1) is 12.6. The van der Waals surface area contributed by atoms with Gasteiger partial charge >= 0.3 is 18.9 Å². The van der Waals surface area contributed by atoms with Crippen molar-refractivity contribution in [1.82, 2.24) is 0 Å². The number of aryl methyl sites for hydroxylation is 3. The van der Waals surface area contributed by atoms with Crippen LogP contribution in [0.5, 0.6) is 0 Å². The normalized spacial score (nSPS) is 9.31. The fraction of sp³-hybridized carbons (Fsp3) is 0.455. The van der Waals surface area contributed by atoms with Crippen LogP contribution < -0.4 is 23.8 Å². The monoisotopic (exact) mass is 171 g/mol. The summed E-state index contributed by atoms with van der Waals surface area (Å²) in [6.45, 7) is 6.46. The number of hydrogen-bond donors (Lipinski definition) is 0. The molecule has 0 radical (unpaired) electrons. The van der Waals surface area contributed by atoms with Crippen LogP contribution in [0.1, 0.15) is 18.1 Å². The summed E-state index contributed by atoms with van der Waals surface area (Å²) in [7, 11) is 4.18. The first-order valence-electron chi connectivity index (χ1n) is 4.27. The Labute approximate surface area is 94.8 Å². The van der Waals surface area contributed by atoms with Crippen molar-refractivity contribution in [2.75, 3.05) is 19.0 Å². The summed E-state index contributed by atoms with van der Waals surface area (Å²) in [6.07, 6.45) is 0. The summed E-state index contributed by atoms with van der Waals surface area (Å²) >= 11 is 0. The molecule has 1 nitrogen and oxygen atoms in total. The molecular formula is C11H18LiN. The zero-order chi connectivity index (χ0) is 9.30. The van der Waals surface area contributed by atoms with E-state index < -0.39 is 0 Å². The number of rotatable bonds is 1. The second-order valence-corrected chi connectivity index (χ2v) is 3.64. The van der Waals surface area contributed by atoms with E-state index in [9.17, 15) is 0 Å². The quantitative estimate of drug-likeness (QED) is 0.529. The molecule has 68 valence electrons. The zero-order valence-electron chi connectivity index (χ0n) is 10.6. The molecule has 0 aromatic heterocycles. The molecule has 1 aromatic rings. The Morgan fingerprint density at radius 1 is 1.00 bits per heavy atom. The van der Waals surface area contributed by atoms with Crippen LogP contribution in [0.4, 0.5) is 5.69 Å². The molecule has 0 amide bonds. The fourth-order valence-corrected chi connectivity index (χ4v) is 1.88. The number of nitrogens with zero attached hydrogens (tertiary/aromatic N) is 1. The largest absolute Gasteiger partial charge is 1.00 e. The Balaban J connectivity index is 0. The summed E-state index contributed by atoms with van der Waals surface area (Å²) < 4.78 is 0. The minimum atomic E-state index is 0. The standard InChI is InChI=1S/C11H17N.Li.H/c1-8-6-9(2)11(12(4)5)10(3)7-8;;/h6-7H,1-5H3;;/q;+1;-1. The molecule has 0 aliphatic carbocycles. The van der Waals surface area contributed by atoms with Gasteiger partial charge in [-0.3, -0.25) is 0 Å². The van der Waals surface area contributed by atoms with Gasteiger partial charge in [-0.15, -0.1) is 0 Å². The van der Waals surface area contributed by atoms with Crippen molar-refractivity contribution in [3.8, 4) is 0 Å². The summed E-state index contributed by atoms with van der Waals surface area (Å²) in [5.41, 5.74) is 5.41. The maximum atomic E-state index is 2.22. The van der Waals surface area contributed by atoms with Crippen LogP contribution in [0.25, 0.3) is 0 Å². The maximum absolute atomic E-state index is 2.22.